The molecule has 0 aromatic carbocycles. The number of piperazine rings is 1. The topological polar surface area (TPSA) is 33.7 Å². The Balaban J connectivity index is 1.90. The Labute approximate surface area is 92.9 Å². The minimum Gasteiger partial charge on any atom is -0.382 e. The lowest BCUT2D eigenvalue weighted by molar-refractivity contribution is 0.0637. The second-order valence-electron chi connectivity index (χ2n) is 4.11. The van der Waals surface area contributed by atoms with Gasteiger partial charge in [0.2, 0.25) is 0 Å². The van der Waals surface area contributed by atoms with Crippen molar-refractivity contribution in [3.8, 4) is 0 Å². The van der Waals surface area contributed by atoms with Crippen LogP contribution in [0.1, 0.15) is 13.3 Å². The Morgan fingerprint density at radius 1 is 1.33 bits per heavy atom. The monoisotopic (exact) mass is 216 g/mol. The van der Waals surface area contributed by atoms with Crippen LogP contribution >= 0.6 is 0 Å². The summed E-state index contributed by atoms with van der Waals surface area (Å²) in [6.07, 6.45) is 1.12. The van der Waals surface area contributed by atoms with Gasteiger partial charge in [0.25, 0.3) is 0 Å². The minimum atomic E-state index is 0.633. The molecule has 1 rings (SSSR count). The van der Waals surface area contributed by atoms with E-state index in [2.05, 4.69) is 17.1 Å². The first-order valence-electron chi connectivity index (χ1n) is 5.85. The zero-order chi connectivity index (χ0) is 10.9. The fourth-order valence-electron chi connectivity index (χ4n) is 1.85. The largest absolute Gasteiger partial charge is 0.382 e. The summed E-state index contributed by atoms with van der Waals surface area (Å²) >= 11 is 0. The molecule has 1 atom stereocenters. The van der Waals surface area contributed by atoms with E-state index >= 15 is 0 Å². The van der Waals surface area contributed by atoms with Crippen molar-refractivity contribution in [1.82, 2.24) is 10.2 Å². The van der Waals surface area contributed by atoms with Gasteiger partial charge in [0.1, 0.15) is 0 Å². The summed E-state index contributed by atoms with van der Waals surface area (Å²) in [5.41, 5.74) is 0. The minimum absolute atomic E-state index is 0.633. The molecule has 1 unspecified atom stereocenters. The zero-order valence-electron chi connectivity index (χ0n) is 10.00. The Bertz CT molecular complexity index is 156. The molecule has 1 saturated heterocycles. The Kier molecular flexibility index (Phi) is 6.92. The van der Waals surface area contributed by atoms with Gasteiger partial charge in [-0.1, -0.05) is 0 Å². The molecule has 4 nitrogen and oxygen atoms in total. The van der Waals surface area contributed by atoms with E-state index in [1.54, 1.807) is 7.11 Å². The van der Waals surface area contributed by atoms with Gasteiger partial charge in [0.05, 0.1) is 13.2 Å². The average Bonchev–Trinajstić information content (AvgIpc) is 2.23. The van der Waals surface area contributed by atoms with Gasteiger partial charge in [-0.15, -0.1) is 0 Å². The van der Waals surface area contributed by atoms with Crippen molar-refractivity contribution >= 4 is 0 Å². The highest BCUT2D eigenvalue weighted by Crippen LogP contribution is 1.99. The van der Waals surface area contributed by atoms with Crippen LogP contribution in [-0.2, 0) is 9.47 Å². The summed E-state index contributed by atoms with van der Waals surface area (Å²) in [7, 11) is 1.70. The first kappa shape index (κ1) is 12.9. The summed E-state index contributed by atoms with van der Waals surface area (Å²) in [6, 6.07) is 0.633. The standard InChI is InChI=1S/C11H24N2O2/c1-11-10-13(6-4-12-11)5-3-7-15-9-8-14-2/h11-12H,3-10H2,1-2H3. The van der Waals surface area contributed by atoms with Crippen LogP contribution in [0.25, 0.3) is 0 Å². The highest BCUT2D eigenvalue weighted by molar-refractivity contribution is 4.74. The molecule has 0 saturated carbocycles. The number of nitrogens with one attached hydrogen (secondary N) is 1. The van der Waals surface area contributed by atoms with Crippen LogP contribution in [-0.4, -0.2) is 64.1 Å². The molecule has 0 amide bonds. The second-order valence-corrected chi connectivity index (χ2v) is 4.11. The summed E-state index contributed by atoms with van der Waals surface area (Å²) in [5.74, 6) is 0. The van der Waals surface area contributed by atoms with E-state index in [1.807, 2.05) is 0 Å². The van der Waals surface area contributed by atoms with E-state index < -0.39 is 0 Å². The molecule has 1 fully saturated rings. The molecule has 0 aromatic rings. The first-order valence-corrected chi connectivity index (χ1v) is 5.85. The third-order valence-electron chi connectivity index (χ3n) is 2.65. The highest BCUT2D eigenvalue weighted by atomic mass is 16.5. The lowest BCUT2D eigenvalue weighted by atomic mass is 10.2. The first-order chi connectivity index (χ1) is 7.33. The lowest BCUT2D eigenvalue weighted by Gasteiger charge is -2.31. The number of rotatable bonds is 7. The van der Waals surface area contributed by atoms with Crippen LogP contribution in [0.5, 0.6) is 0 Å². The quantitative estimate of drug-likeness (QED) is 0.622. The van der Waals surface area contributed by atoms with Gasteiger partial charge < -0.3 is 19.7 Å². The van der Waals surface area contributed by atoms with Gasteiger partial charge in [-0.2, -0.15) is 0 Å². The average molecular weight is 216 g/mol. The van der Waals surface area contributed by atoms with Crippen LogP contribution in [0.4, 0.5) is 0 Å². The maximum absolute atomic E-state index is 5.42. The molecule has 0 aromatic heterocycles. The normalized spacial score (nSPS) is 23.2. The van der Waals surface area contributed by atoms with Crippen LogP contribution < -0.4 is 5.32 Å². The molecule has 15 heavy (non-hydrogen) atoms. The Hall–Kier alpha value is -0.160. The third kappa shape index (κ3) is 6.10. The van der Waals surface area contributed by atoms with E-state index in [9.17, 15) is 0 Å². The maximum Gasteiger partial charge on any atom is 0.0700 e. The van der Waals surface area contributed by atoms with Crippen LogP contribution in [0, 0.1) is 0 Å². The van der Waals surface area contributed by atoms with Gasteiger partial charge in [-0.05, 0) is 13.3 Å². The van der Waals surface area contributed by atoms with Crippen molar-refractivity contribution in [3.63, 3.8) is 0 Å². The molecular weight excluding hydrogens is 192 g/mol. The van der Waals surface area contributed by atoms with Gasteiger partial charge in [-0.3, -0.25) is 0 Å². The van der Waals surface area contributed by atoms with Gasteiger partial charge in [0, 0.05) is 45.9 Å². The van der Waals surface area contributed by atoms with Crippen LogP contribution in [0.2, 0.25) is 0 Å². The second kappa shape index (κ2) is 8.05. The summed E-state index contributed by atoms with van der Waals surface area (Å²) in [6.45, 7) is 9.10. The third-order valence-corrected chi connectivity index (χ3v) is 2.65. The fourth-order valence-corrected chi connectivity index (χ4v) is 1.85. The van der Waals surface area contributed by atoms with E-state index in [0.29, 0.717) is 19.3 Å². The Morgan fingerprint density at radius 3 is 2.93 bits per heavy atom. The van der Waals surface area contributed by atoms with Gasteiger partial charge in [-0.25, -0.2) is 0 Å². The van der Waals surface area contributed by atoms with Gasteiger partial charge in [0.15, 0.2) is 0 Å². The van der Waals surface area contributed by atoms with Crippen molar-refractivity contribution in [2.24, 2.45) is 0 Å². The molecule has 1 aliphatic rings. The molecule has 1 aliphatic heterocycles. The molecule has 4 heteroatoms. The van der Waals surface area contributed by atoms with Gasteiger partial charge >= 0.3 is 0 Å². The van der Waals surface area contributed by atoms with E-state index in [-0.39, 0.29) is 0 Å². The number of hydrogen-bond acceptors (Lipinski definition) is 4. The number of methoxy groups -OCH3 is 1. The molecule has 90 valence electrons. The SMILES string of the molecule is COCCOCCCN1CCNC(C)C1. The molecule has 1 heterocycles. The summed E-state index contributed by atoms with van der Waals surface area (Å²) < 4.78 is 10.3. The highest BCUT2D eigenvalue weighted by Gasteiger charge is 2.14. The maximum atomic E-state index is 5.42. The lowest BCUT2D eigenvalue weighted by Crippen LogP contribution is -2.49. The molecule has 0 bridgehead atoms. The predicted octanol–water partition coefficient (Wildman–Crippen LogP) is 0.333. The molecule has 1 N–H and O–H groups in total. The molecule has 0 radical (unpaired) electrons. The molecular formula is C11H24N2O2. The van der Waals surface area contributed by atoms with Crippen LogP contribution in [0.15, 0.2) is 0 Å². The van der Waals surface area contributed by atoms with Crippen molar-refractivity contribution in [1.29, 1.82) is 0 Å². The van der Waals surface area contributed by atoms with Crippen molar-refractivity contribution in [3.05, 3.63) is 0 Å². The van der Waals surface area contributed by atoms with Crippen LogP contribution in [0.3, 0.4) is 0 Å². The molecule has 0 aliphatic carbocycles. The Morgan fingerprint density at radius 2 is 2.20 bits per heavy atom. The van der Waals surface area contributed by atoms with Crippen molar-refractivity contribution < 1.29 is 9.47 Å². The molecule has 0 spiro atoms. The summed E-state index contributed by atoms with van der Waals surface area (Å²) in [5, 5.41) is 3.44. The van der Waals surface area contributed by atoms with Crippen molar-refractivity contribution in [2.45, 2.75) is 19.4 Å². The summed E-state index contributed by atoms with van der Waals surface area (Å²) in [4.78, 5) is 2.50. The van der Waals surface area contributed by atoms with E-state index in [0.717, 1.165) is 32.7 Å². The number of nitrogens with zero attached hydrogens (tertiary/aromatic N) is 1. The van der Waals surface area contributed by atoms with Crippen molar-refractivity contribution in [2.75, 3.05) is 53.1 Å². The fraction of sp³-hybridized carbons (Fsp3) is 1.00. The van der Waals surface area contributed by atoms with E-state index in [4.69, 9.17) is 9.47 Å². The number of ether oxygens (including phenoxy) is 2. The number of hydrogen-bond donors (Lipinski definition) is 1. The zero-order valence-corrected chi connectivity index (χ0v) is 10.00. The smallest absolute Gasteiger partial charge is 0.0700 e. The predicted molar refractivity (Wildman–Crippen MR) is 61.2 cm³/mol. The van der Waals surface area contributed by atoms with E-state index in [1.165, 1.54) is 6.54 Å².